The molecule has 3 rings (SSSR count). The third-order valence-corrected chi connectivity index (χ3v) is 4.00. The maximum absolute atomic E-state index is 12.2. The molecule has 0 fully saturated rings. The summed E-state index contributed by atoms with van der Waals surface area (Å²) >= 11 is 3.36. The molecule has 0 aliphatic carbocycles. The molecule has 4 nitrogen and oxygen atoms in total. The Bertz CT molecular complexity index is 802. The summed E-state index contributed by atoms with van der Waals surface area (Å²) in [5, 5.41) is 6.21. The van der Waals surface area contributed by atoms with Crippen LogP contribution in [0, 0.1) is 0 Å². The Hall–Kier alpha value is -2.66. The summed E-state index contributed by atoms with van der Waals surface area (Å²) in [4.78, 5) is 16.3. The molecule has 0 aliphatic heterocycles. The van der Waals surface area contributed by atoms with E-state index >= 15 is 0 Å². The van der Waals surface area contributed by atoms with Crippen LogP contribution >= 0.6 is 15.9 Å². The van der Waals surface area contributed by atoms with Gasteiger partial charge in [-0.05, 0) is 60.2 Å². The Balaban J connectivity index is 1.58. The molecular formula is C19H16BrN3O. The van der Waals surface area contributed by atoms with Crippen molar-refractivity contribution in [3.8, 4) is 0 Å². The first-order chi connectivity index (χ1) is 11.7. The predicted molar refractivity (Wildman–Crippen MR) is 100 cm³/mol. The van der Waals surface area contributed by atoms with E-state index in [0.717, 1.165) is 21.4 Å². The summed E-state index contributed by atoms with van der Waals surface area (Å²) < 4.78 is 0.947. The number of nitrogens with one attached hydrogen (secondary N) is 2. The zero-order chi connectivity index (χ0) is 16.8. The highest BCUT2D eigenvalue weighted by Gasteiger charge is 2.05. The molecule has 1 heterocycles. The number of hydrogen-bond acceptors (Lipinski definition) is 3. The summed E-state index contributed by atoms with van der Waals surface area (Å²) in [5.41, 5.74) is 3.48. The van der Waals surface area contributed by atoms with Gasteiger partial charge in [0, 0.05) is 40.3 Å². The van der Waals surface area contributed by atoms with Crippen LogP contribution in [-0.2, 0) is 6.54 Å². The van der Waals surface area contributed by atoms with Gasteiger partial charge in [0.05, 0.1) is 0 Å². The summed E-state index contributed by atoms with van der Waals surface area (Å²) in [6.07, 6.45) is 3.59. The fraction of sp³-hybridized carbons (Fsp3) is 0.0526. The molecule has 3 aromatic rings. The number of carbonyl (C=O) groups is 1. The van der Waals surface area contributed by atoms with Crippen molar-refractivity contribution in [2.75, 3.05) is 10.6 Å². The Morgan fingerprint density at radius 2 is 1.67 bits per heavy atom. The summed E-state index contributed by atoms with van der Waals surface area (Å²) in [7, 11) is 0. The molecule has 0 spiro atoms. The van der Waals surface area contributed by atoms with Crippen LogP contribution in [0.1, 0.15) is 15.9 Å². The average molecular weight is 382 g/mol. The first kappa shape index (κ1) is 16.2. The second-order valence-electron chi connectivity index (χ2n) is 5.25. The van der Waals surface area contributed by atoms with Gasteiger partial charge in [-0.1, -0.05) is 22.0 Å². The van der Waals surface area contributed by atoms with Crippen LogP contribution in [-0.4, -0.2) is 10.9 Å². The first-order valence-electron chi connectivity index (χ1n) is 7.50. The van der Waals surface area contributed by atoms with Gasteiger partial charge in [0.2, 0.25) is 0 Å². The maximum atomic E-state index is 12.2. The highest BCUT2D eigenvalue weighted by atomic mass is 79.9. The van der Waals surface area contributed by atoms with Gasteiger partial charge in [0.1, 0.15) is 0 Å². The number of rotatable bonds is 5. The fourth-order valence-corrected chi connectivity index (χ4v) is 2.45. The molecular weight excluding hydrogens is 366 g/mol. The highest BCUT2D eigenvalue weighted by molar-refractivity contribution is 9.10. The molecule has 2 aromatic carbocycles. The standard InChI is InChI=1S/C19H16BrN3O/c20-16-5-3-15(4-6-16)19(24)23-18-9-7-17(8-10-18)22-13-14-2-1-11-21-12-14/h1-12,22H,13H2,(H,23,24). The number of pyridine rings is 1. The smallest absolute Gasteiger partial charge is 0.255 e. The summed E-state index contributed by atoms with van der Waals surface area (Å²) in [6.45, 7) is 0.707. The number of amides is 1. The Morgan fingerprint density at radius 3 is 2.33 bits per heavy atom. The minimum absolute atomic E-state index is 0.126. The van der Waals surface area contributed by atoms with Crippen LogP contribution in [0.25, 0.3) is 0 Å². The molecule has 0 saturated carbocycles. The van der Waals surface area contributed by atoms with Gasteiger partial charge in [0.15, 0.2) is 0 Å². The van der Waals surface area contributed by atoms with Crippen LogP contribution in [0.15, 0.2) is 77.5 Å². The van der Waals surface area contributed by atoms with Crippen molar-refractivity contribution in [2.45, 2.75) is 6.54 Å². The van der Waals surface area contributed by atoms with Gasteiger partial charge in [-0.3, -0.25) is 9.78 Å². The molecule has 24 heavy (non-hydrogen) atoms. The minimum Gasteiger partial charge on any atom is -0.381 e. The normalized spacial score (nSPS) is 10.2. The van der Waals surface area contributed by atoms with Crippen molar-refractivity contribution < 1.29 is 4.79 Å². The Labute approximate surface area is 149 Å². The van der Waals surface area contributed by atoms with E-state index in [1.165, 1.54) is 0 Å². The minimum atomic E-state index is -0.126. The fourth-order valence-electron chi connectivity index (χ4n) is 2.18. The van der Waals surface area contributed by atoms with Crippen molar-refractivity contribution >= 4 is 33.2 Å². The van der Waals surface area contributed by atoms with Crippen LogP contribution in [0.2, 0.25) is 0 Å². The second-order valence-corrected chi connectivity index (χ2v) is 6.17. The molecule has 0 unspecified atom stereocenters. The van der Waals surface area contributed by atoms with E-state index in [-0.39, 0.29) is 5.91 Å². The zero-order valence-electron chi connectivity index (χ0n) is 12.9. The first-order valence-corrected chi connectivity index (χ1v) is 8.30. The topological polar surface area (TPSA) is 54.0 Å². The third-order valence-electron chi connectivity index (χ3n) is 3.47. The van der Waals surface area contributed by atoms with Crippen LogP contribution in [0.3, 0.4) is 0 Å². The van der Waals surface area contributed by atoms with Crippen LogP contribution in [0.5, 0.6) is 0 Å². The molecule has 0 atom stereocenters. The number of carbonyl (C=O) groups excluding carboxylic acids is 1. The molecule has 5 heteroatoms. The van der Waals surface area contributed by atoms with Gasteiger partial charge in [-0.25, -0.2) is 0 Å². The van der Waals surface area contributed by atoms with Crippen LogP contribution in [0.4, 0.5) is 11.4 Å². The second kappa shape index (κ2) is 7.75. The summed E-state index contributed by atoms with van der Waals surface area (Å²) in [6, 6.07) is 18.8. The molecule has 1 aromatic heterocycles. The number of anilines is 2. The van der Waals surface area contributed by atoms with Gasteiger partial charge in [-0.15, -0.1) is 0 Å². The Kier molecular flexibility index (Phi) is 5.23. The van der Waals surface area contributed by atoms with E-state index < -0.39 is 0 Å². The van der Waals surface area contributed by atoms with E-state index in [9.17, 15) is 4.79 Å². The highest BCUT2D eigenvalue weighted by Crippen LogP contribution is 2.16. The van der Waals surface area contributed by atoms with Crippen molar-refractivity contribution in [3.63, 3.8) is 0 Å². The lowest BCUT2D eigenvalue weighted by Gasteiger charge is -2.09. The number of benzene rings is 2. The third kappa shape index (κ3) is 4.43. The zero-order valence-corrected chi connectivity index (χ0v) is 14.5. The quantitative estimate of drug-likeness (QED) is 0.672. The molecule has 120 valence electrons. The van der Waals surface area contributed by atoms with Crippen molar-refractivity contribution in [2.24, 2.45) is 0 Å². The van der Waals surface area contributed by atoms with Crippen molar-refractivity contribution in [1.82, 2.24) is 4.98 Å². The number of aromatic nitrogens is 1. The van der Waals surface area contributed by atoms with Gasteiger partial charge < -0.3 is 10.6 Å². The maximum Gasteiger partial charge on any atom is 0.255 e. The van der Waals surface area contributed by atoms with Crippen molar-refractivity contribution in [1.29, 1.82) is 0 Å². The predicted octanol–water partition coefficient (Wildman–Crippen LogP) is 4.71. The average Bonchev–Trinajstić information content (AvgIpc) is 2.62. The largest absolute Gasteiger partial charge is 0.381 e. The Morgan fingerprint density at radius 1 is 0.958 bits per heavy atom. The molecule has 0 radical (unpaired) electrons. The number of halogens is 1. The lowest BCUT2D eigenvalue weighted by molar-refractivity contribution is 0.102. The molecule has 1 amide bonds. The van der Waals surface area contributed by atoms with E-state index in [2.05, 4.69) is 31.5 Å². The summed E-state index contributed by atoms with van der Waals surface area (Å²) in [5.74, 6) is -0.126. The number of nitrogens with zero attached hydrogens (tertiary/aromatic N) is 1. The van der Waals surface area contributed by atoms with Crippen molar-refractivity contribution in [3.05, 3.63) is 88.7 Å². The van der Waals surface area contributed by atoms with Crippen LogP contribution < -0.4 is 10.6 Å². The SMILES string of the molecule is O=C(Nc1ccc(NCc2cccnc2)cc1)c1ccc(Br)cc1. The molecule has 2 N–H and O–H groups in total. The molecule has 0 saturated heterocycles. The van der Waals surface area contributed by atoms with Gasteiger partial charge in [0.25, 0.3) is 5.91 Å². The van der Waals surface area contributed by atoms with E-state index in [1.54, 1.807) is 18.3 Å². The van der Waals surface area contributed by atoms with E-state index in [4.69, 9.17) is 0 Å². The molecule has 0 bridgehead atoms. The van der Waals surface area contributed by atoms with Gasteiger partial charge in [-0.2, -0.15) is 0 Å². The molecule has 0 aliphatic rings. The monoisotopic (exact) mass is 381 g/mol. The lowest BCUT2D eigenvalue weighted by atomic mass is 10.2. The van der Waals surface area contributed by atoms with E-state index in [1.807, 2.05) is 54.7 Å². The van der Waals surface area contributed by atoms with Gasteiger partial charge >= 0.3 is 0 Å². The lowest BCUT2D eigenvalue weighted by Crippen LogP contribution is -2.11. The number of hydrogen-bond donors (Lipinski definition) is 2. The van der Waals surface area contributed by atoms with E-state index in [0.29, 0.717) is 12.1 Å².